The second-order valence-electron chi connectivity index (χ2n) is 4.52. The molecule has 1 amide bonds. The van der Waals surface area contributed by atoms with Gasteiger partial charge in [-0.1, -0.05) is 11.8 Å². The van der Waals surface area contributed by atoms with Crippen LogP contribution in [-0.4, -0.2) is 17.7 Å². The van der Waals surface area contributed by atoms with Crippen LogP contribution < -0.4 is 5.32 Å². The number of hydrogen-bond acceptors (Lipinski definition) is 3. The third-order valence-electron chi connectivity index (χ3n) is 3.01. The fourth-order valence-corrected chi connectivity index (χ4v) is 1.94. The lowest BCUT2D eigenvalue weighted by Gasteiger charge is -2.06. The van der Waals surface area contributed by atoms with Gasteiger partial charge in [0.1, 0.15) is 18.5 Å². The zero-order valence-electron chi connectivity index (χ0n) is 11.0. The summed E-state index contributed by atoms with van der Waals surface area (Å²) in [4.78, 5) is 15.2. The van der Waals surface area contributed by atoms with Crippen LogP contribution in [0.4, 0.5) is 9.18 Å². The molecule has 1 fully saturated rings. The van der Waals surface area contributed by atoms with Crippen molar-refractivity contribution in [3.05, 3.63) is 65.2 Å². The van der Waals surface area contributed by atoms with Gasteiger partial charge in [-0.25, -0.2) is 9.18 Å². The fraction of sp³-hybridized carbons (Fsp3) is 0.125. The van der Waals surface area contributed by atoms with Crippen molar-refractivity contribution in [2.45, 2.75) is 6.04 Å². The molecular formula is C16H11FN2O2. The number of carbonyl (C=O) groups is 1. The molecule has 104 valence electrons. The molecule has 0 saturated carbocycles. The molecule has 0 bridgehead atoms. The molecule has 1 atom stereocenters. The molecule has 1 aromatic heterocycles. The highest BCUT2D eigenvalue weighted by atomic mass is 19.1. The number of nitrogens with one attached hydrogen (secondary N) is 1. The highest BCUT2D eigenvalue weighted by Crippen LogP contribution is 2.16. The van der Waals surface area contributed by atoms with Gasteiger partial charge >= 0.3 is 6.09 Å². The highest BCUT2D eigenvalue weighted by molar-refractivity contribution is 5.69. The Morgan fingerprint density at radius 3 is 2.67 bits per heavy atom. The Bertz CT molecular complexity index is 732. The van der Waals surface area contributed by atoms with Crippen LogP contribution >= 0.6 is 0 Å². The Morgan fingerprint density at radius 1 is 1.19 bits per heavy atom. The zero-order valence-corrected chi connectivity index (χ0v) is 11.0. The SMILES string of the molecule is O=C1N[C@H](c2cc(C#Cc3ccc(F)cc3)ccn2)CO1. The minimum atomic E-state index is -0.440. The highest BCUT2D eigenvalue weighted by Gasteiger charge is 2.24. The number of pyridine rings is 1. The van der Waals surface area contributed by atoms with Gasteiger partial charge in [-0.15, -0.1) is 0 Å². The first-order valence-corrected chi connectivity index (χ1v) is 6.37. The van der Waals surface area contributed by atoms with Gasteiger partial charge in [-0.3, -0.25) is 4.98 Å². The number of rotatable bonds is 1. The molecular weight excluding hydrogens is 271 g/mol. The molecule has 1 aliphatic rings. The van der Waals surface area contributed by atoms with E-state index in [1.54, 1.807) is 30.5 Å². The van der Waals surface area contributed by atoms with Gasteiger partial charge in [0.05, 0.1) is 5.69 Å². The summed E-state index contributed by atoms with van der Waals surface area (Å²) >= 11 is 0. The lowest BCUT2D eigenvalue weighted by atomic mass is 10.1. The second-order valence-corrected chi connectivity index (χ2v) is 4.52. The molecule has 4 nitrogen and oxygen atoms in total. The average Bonchev–Trinajstić information content (AvgIpc) is 2.94. The van der Waals surface area contributed by atoms with Crippen LogP contribution in [0.5, 0.6) is 0 Å². The van der Waals surface area contributed by atoms with Gasteiger partial charge < -0.3 is 10.1 Å². The first-order valence-electron chi connectivity index (χ1n) is 6.37. The minimum absolute atomic E-state index is 0.245. The monoisotopic (exact) mass is 282 g/mol. The average molecular weight is 282 g/mol. The molecule has 1 saturated heterocycles. The van der Waals surface area contributed by atoms with Crippen molar-refractivity contribution in [1.29, 1.82) is 0 Å². The molecule has 0 radical (unpaired) electrons. The standard InChI is InChI=1S/C16H11FN2O2/c17-13-5-3-11(4-6-13)1-2-12-7-8-18-14(9-12)15-10-21-16(20)19-15/h3-9,15H,10H2,(H,19,20)/t15-/m0/s1. The number of ether oxygens (including phenoxy) is 1. The van der Waals surface area contributed by atoms with Crippen molar-refractivity contribution >= 4 is 6.09 Å². The third kappa shape index (κ3) is 3.18. The van der Waals surface area contributed by atoms with Crippen LogP contribution in [0.1, 0.15) is 22.9 Å². The number of amides is 1. The summed E-state index contributed by atoms with van der Waals surface area (Å²) in [5.74, 6) is 5.65. The van der Waals surface area contributed by atoms with E-state index in [1.165, 1.54) is 12.1 Å². The number of halogens is 1. The van der Waals surface area contributed by atoms with Crippen LogP contribution in [-0.2, 0) is 4.74 Å². The number of hydrogen-bond donors (Lipinski definition) is 1. The van der Waals surface area contributed by atoms with Crippen molar-refractivity contribution in [2.24, 2.45) is 0 Å². The fourth-order valence-electron chi connectivity index (χ4n) is 1.94. The van der Waals surface area contributed by atoms with Crippen LogP contribution in [0.2, 0.25) is 0 Å². The van der Waals surface area contributed by atoms with Gasteiger partial charge in [0, 0.05) is 17.3 Å². The van der Waals surface area contributed by atoms with Crippen LogP contribution in [0.3, 0.4) is 0 Å². The molecule has 1 aliphatic heterocycles. The van der Waals surface area contributed by atoms with Crippen LogP contribution in [0.15, 0.2) is 42.6 Å². The van der Waals surface area contributed by atoms with E-state index in [2.05, 4.69) is 22.1 Å². The summed E-state index contributed by atoms with van der Waals surface area (Å²) in [7, 11) is 0. The van der Waals surface area contributed by atoms with E-state index in [0.29, 0.717) is 5.69 Å². The second kappa shape index (κ2) is 5.63. The van der Waals surface area contributed by atoms with E-state index in [9.17, 15) is 9.18 Å². The van der Waals surface area contributed by atoms with Crippen molar-refractivity contribution in [3.8, 4) is 11.8 Å². The molecule has 1 N–H and O–H groups in total. The Morgan fingerprint density at radius 2 is 1.95 bits per heavy atom. The summed E-state index contributed by atoms with van der Waals surface area (Å²) in [5, 5.41) is 2.66. The van der Waals surface area contributed by atoms with Gasteiger partial charge in [0.15, 0.2) is 0 Å². The number of benzene rings is 1. The van der Waals surface area contributed by atoms with E-state index in [0.717, 1.165) is 11.1 Å². The molecule has 21 heavy (non-hydrogen) atoms. The smallest absolute Gasteiger partial charge is 0.407 e. The third-order valence-corrected chi connectivity index (χ3v) is 3.01. The Kier molecular flexibility index (Phi) is 3.52. The summed E-state index contributed by atoms with van der Waals surface area (Å²) in [5.41, 5.74) is 2.20. The normalized spacial score (nSPS) is 16.6. The number of alkyl carbamates (subject to hydrolysis) is 1. The van der Waals surface area contributed by atoms with Gasteiger partial charge in [0.25, 0.3) is 0 Å². The van der Waals surface area contributed by atoms with E-state index < -0.39 is 6.09 Å². The molecule has 0 unspecified atom stereocenters. The summed E-state index contributed by atoms with van der Waals surface area (Å²) in [6.07, 6.45) is 1.19. The predicted octanol–water partition coefficient (Wildman–Crippen LogP) is 2.40. The number of cyclic esters (lactones) is 1. The van der Waals surface area contributed by atoms with Crippen molar-refractivity contribution in [1.82, 2.24) is 10.3 Å². The number of aromatic nitrogens is 1. The molecule has 1 aromatic carbocycles. The van der Waals surface area contributed by atoms with Crippen LogP contribution in [0.25, 0.3) is 0 Å². The molecule has 0 spiro atoms. The van der Waals surface area contributed by atoms with Crippen molar-refractivity contribution in [3.63, 3.8) is 0 Å². The molecule has 5 heteroatoms. The minimum Gasteiger partial charge on any atom is -0.447 e. The Balaban J connectivity index is 1.80. The lowest BCUT2D eigenvalue weighted by Crippen LogP contribution is -2.19. The maximum absolute atomic E-state index is 12.8. The lowest BCUT2D eigenvalue weighted by molar-refractivity contribution is 0.177. The van der Waals surface area contributed by atoms with Crippen LogP contribution in [0, 0.1) is 17.7 Å². The summed E-state index contributed by atoms with van der Waals surface area (Å²) in [6.45, 7) is 0.265. The number of nitrogens with zero attached hydrogens (tertiary/aromatic N) is 1. The van der Waals surface area contributed by atoms with Gasteiger partial charge in [-0.05, 0) is 36.4 Å². The van der Waals surface area contributed by atoms with E-state index >= 15 is 0 Å². The topological polar surface area (TPSA) is 51.2 Å². The first-order chi connectivity index (χ1) is 10.2. The summed E-state index contributed by atoms with van der Waals surface area (Å²) < 4.78 is 17.6. The van der Waals surface area contributed by atoms with Gasteiger partial charge in [-0.2, -0.15) is 0 Å². The Hall–Kier alpha value is -2.87. The predicted molar refractivity (Wildman–Crippen MR) is 73.8 cm³/mol. The van der Waals surface area contributed by atoms with Crippen molar-refractivity contribution < 1.29 is 13.9 Å². The maximum atomic E-state index is 12.8. The van der Waals surface area contributed by atoms with Crippen molar-refractivity contribution in [2.75, 3.05) is 6.61 Å². The van der Waals surface area contributed by atoms with Gasteiger partial charge in [0.2, 0.25) is 0 Å². The number of carbonyl (C=O) groups excluding carboxylic acids is 1. The molecule has 0 aliphatic carbocycles. The maximum Gasteiger partial charge on any atom is 0.407 e. The quantitative estimate of drug-likeness (QED) is 0.817. The largest absolute Gasteiger partial charge is 0.447 e. The first kappa shape index (κ1) is 13.1. The zero-order chi connectivity index (χ0) is 14.7. The van der Waals surface area contributed by atoms with E-state index in [1.807, 2.05) is 0 Å². The Labute approximate surface area is 121 Å². The van der Waals surface area contributed by atoms with E-state index in [-0.39, 0.29) is 18.5 Å². The molecule has 3 rings (SSSR count). The van der Waals surface area contributed by atoms with E-state index in [4.69, 9.17) is 4.74 Å². The summed E-state index contributed by atoms with van der Waals surface area (Å²) in [6, 6.07) is 9.31. The molecule has 2 aromatic rings. The molecule has 2 heterocycles.